The van der Waals surface area contributed by atoms with Crippen molar-refractivity contribution in [1.29, 1.82) is 0 Å². The van der Waals surface area contributed by atoms with Crippen LogP contribution in [0.5, 0.6) is 0 Å². The van der Waals surface area contributed by atoms with Crippen LogP contribution in [0.4, 0.5) is 0 Å². The van der Waals surface area contributed by atoms with Crippen molar-refractivity contribution >= 4 is 5.78 Å². The molecule has 13 heavy (non-hydrogen) atoms. The lowest BCUT2D eigenvalue weighted by Gasteiger charge is -2.31. The number of aliphatic hydroxyl groups excluding tert-OH is 2. The van der Waals surface area contributed by atoms with Crippen molar-refractivity contribution in [2.24, 2.45) is 0 Å². The second-order valence-electron chi connectivity index (χ2n) is 3.04. The number of carbonyl (C=O) groups is 1. The Balaban J connectivity index is 2.53. The number of ketones is 1. The Morgan fingerprint density at radius 2 is 2.38 bits per heavy atom. The average molecular weight is 190 g/mol. The molecular weight excluding hydrogens is 176 g/mol. The minimum atomic E-state index is -0.824. The summed E-state index contributed by atoms with van der Waals surface area (Å²) < 4.78 is 9.93. The van der Waals surface area contributed by atoms with E-state index in [9.17, 15) is 9.90 Å². The van der Waals surface area contributed by atoms with E-state index in [4.69, 9.17) is 14.6 Å². The van der Waals surface area contributed by atoms with E-state index >= 15 is 0 Å². The lowest BCUT2D eigenvalue weighted by molar-refractivity contribution is -0.169. The third-order valence-electron chi connectivity index (χ3n) is 2.03. The minimum Gasteiger partial charge on any atom is -0.393 e. The van der Waals surface area contributed by atoms with Gasteiger partial charge in [-0.05, 0) is 0 Å². The summed E-state index contributed by atoms with van der Waals surface area (Å²) >= 11 is 0. The fourth-order valence-corrected chi connectivity index (χ4v) is 1.31. The van der Waals surface area contributed by atoms with Gasteiger partial charge in [0.15, 0.2) is 5.78 Å². The van der Waals surface area contributed by atoms with Crippen molar-refractivity contribution < 1.29 is 24.5 Å². The molecule has 0 aliphatic carbocycles. The van der Waals surface area contributed by atoms with Gasteiger partial charge in [-0.15, -0.1) is 0 Å². The Labute approximate surface area is 76.3 Å². The Hall–Kier alpha value is -0.490. The number of hydrogen-bond donors (Lipinski definition) is 2. The molecule has 1 heterocycles. The Bertz CT molecular complexity index is 181. The topological polar surface area (TPSA) is 76.0 Å². The fraction of sp³-hybridized carbons (Fsp3) is 0.875. The van der Waals surface area contributed by atoms with Crippen LogP contribution in [0.2, 0.25) is 0 Å². The third-order valence-corrected chi connectivity index (χ3v) is 2.03. The van der Waals surface area contributed by atoms with E-state index in [1.807, 2.05) is 0 Å². The highest BCUT2D eigenvalue weighted by molar-refractivity contribution is 5.84. The smallest absolute Gasteiger partial charge is 0.166 e. The first-order valence-electron chi connectivity index (χ1n) is 4.15. The molecule has 0 aromatic carbocycles. The maximum Gasteiger partial charge on any atom is 0.166 e. The predicted octanol–water partition coefficient (Wildman–Crippen LogP) is -1.29. The molecule has 1 saturated heterocycles. The predicted molar refractivity (Wildman–Crippen MR) is 43.3 cm³/mol. The Morgan fingerprint density at radius 3 is 2.92 bits per heavy atom. The van der Waals surface area contributed by atoms with Gasteiger partial charge in [0, 0.05) is 13.5 Å². The van der Waals surface area contributed by atoms with Gasteiger partial charge < -0.3 is 19.7 Å². The molecule has 1 aliphatic heterocycles. The van der Waals surface area contributed by atoms with Crippen LogP contribution in [-0.4, -0.2) is 54.6 Å². The van der Waals surface area contributed by atoms with Gasteiger partial charge in [0.2, 0.25) is 0 Å². The van der Waals surface area contributed by atoms with E-state index in [-0.39, 0.29) is 25.4 Å². The molecule has 2 N–H and O–H groups in total. The molecule has 1 unspecified atom stereocenters. The monoisotopic (exact) mass is 190 g/mol. The molecule has 0 amide bonds. The van der Waals surface area contributed by atoms with Crippen LogP contribution in [0.3, 0.4) is 0 Å². The maximum atomic E-state index is 11.1. The van der Waals surface area contributed by atoms with E-state index in [1.165, 1.54) is 7.11 Å². The number of aliphatic hydroxyl groups is 2. The van der Waals surface area contributed by atoms with Crippen LogP contribution in [0, 0.1) is 0 Å². The third kappa shape index (κ3) is 2.47. The molecule has 3 atom stereocenters. The van der Waals surface area contributed by atoms with E-state index in [1.54, 1.807) is 0 Å². The molecule has 5 nitrogen and oxygen atoms in total. The molecule has 0 bridgehead atoms. The number of hydrogen-bond acceptors (Lipinski definition) is 5. The zero-order valence-corrected chi connectivity index (χ0v) is 7.47. The molecule has 5 heteroatoms. The second kappa shape index (κ2) is 4.66. The van der Waals surface area contributed by atoms with Crippen LogP contribution in [0.15, 0.2) is 0 Å². The zero-order chi connectivity index (χ0) is 9.84. The van der Waals surface area contributed by atoms with E-state index in [0.717, 1.165) is 0 Å². The summed E-state index contributed by atoms with van der Waals surface area (Å²) in [6.45, 7) is -0.114. The zero-order valence-electron chi connectivity index (χ0n) is 7.47. The van der Waals surface area contributed by atoms with E-state index in [0.29, 0.717) is 0 Å². The molecule has 0 aromatic rings. The number of methoxy groups -OCH3 is 1. The quantitative estimate of drug-likeness (QED) is 0.579. The summed E-state index contributed by atoms with van der Waals surface area (Å²) in [5.41, 5.74) is 0. The molecule has 0 aromatic heterocycles. The largest absolute Gasteiger partial charge is 0.393 e. The molecule has 1 aliphatic rings. The highest BCUT2D eigenvalue weighted by Gasteiger charge is 2.35. The average Bonchev–Trinajstić information content (AvgIpc) is 2.10. The summed E-state index contributed by atoms with van der Waals surface area (Å²) in [4.78, 5) is 11.1. The maximum absolute atomic E-state index is 11.1. The number of Topliss-reactive ketones (excluding diaryl/α,β-unsaturated/α-hetero) is 1. The van der Waals surface area contributed by atoms with Crippen molar-refractivity contribution in [1.82, 2.24) is 0 Å². The van der Waals surface area contributed by atoms with Gasteiger partial charge in [0.1, 0.15) is 12.2 Å². The molecule has 0 spiro atoms. The highest BCUT2D eigenvalue weighted by atomic mass is 16.6. The van der Waals surface area contributed by atoms with Gasteiger partial charge in [0.25, 0.3) is 0 Å². The Morgan fingerprint density at radius 1 is 1.69 bits per heavy atom. The van der Waals surface area contributed by atoms with E-state index in [2.05, 4.69) is 0 Å². The molecule has 1 fully saturated rings. The van der Waals surface area contributed by atoms with Gasteiger partial charge in [0.05, 0.1) is 19.3 Å². The summed E-state index contributed by atoms with van der Waals surface area (Å²) in [7, 11) is 1.49. The van der Waals surface area contributed by atoms with Gasteiger partial charge >= 0.3 is 0 Å². The van der Waals surface area contributed by atoms with Crippen molar-refractivity contribution in [3.8, 4) is 0 Å². The van der Waals surface area contributed by atoms with Crippen molar-refractivity contribution in [2.75, 3.05) is 20.3 Å². The number of carbonyl (C=O) groups excluding carboxylic acids is 1. The van der Waals surface area contributed by atoms with Crippen LogP contribution < -0.4 is 0 Å². The second-order valence-corrected chi connectivity index (χ2v) is 3.04. The van der Waals surface area contributed by atoms with Gasteiger partial charge in [-0.1, -0.05) is 0 Å². The van der Waals surface area contributed by atoms with Crippen molar-refractivity contribution in [3.05, 3.63) is 0 Å². The molecule has 76 valence electrons. The van der Waals surface area contributed by atoms with Gasteiger partial charge in [-0.2, -0.15) is 0 Å². The fourth-order valence-electron chi connectivity index (χ4n) is 1.31. The first-order valence-corrected chi connectivity index (χ1v) is 4.15. The first kappa shape index (κ1) is 10.6. The Kier molecular flexibility index (Phi) is 3.80. The lowest BCUT2D eigenvalue weighted by Crippen LogP contribution is -2.48. The normalized spacial score (nSPS) is 35.0. The summed E-state index contributed by atoms with van der Waals surface area (Å²) in [5.74, 6) is -0.262. The van der Waals surface area contributed by atoms with Crippen LogP contribution in [0.1, 0.15) is 6.42 Å². The summed E-state index contributed by atoms with van der Waals surface area (Å²) in [6.07, 6.45) is -2.11. The highest BCUT2D eigenvalue weighted by Crippen LogP contribution is 2.16. The minimum absolute atomic E-state index is 0.0270. The van der Waals surface area contributed by atoms with Crippen LogP contribution in [0.25, 0.3) is 0 Å². The number of rotatable bonds is 3. The van der Waals surface area contributed by atoms with Crippen LogP contribution >= 0.6 is 0 Å². The van der Waals surface area contributed by atoms with E-state index < -0.39 is 18.3 Å². The lowest BCUT2D eigenvalue weighted by atomic mass is 10.0. The molecular formula is C8H14O5. The van der Waals surface area contributed by atoms with Crippen LogP contribution in [-0.2, 0) is 14.3 Å². The first-order chi connectivity index (χ1) is 6.19. The standard InChI is InChI=1S/C8H14O5/c1-12-4-8-6(11)2-5(10)7(3-9)13-8/h6-9,11H,2-4H2,1H3/t6-,7?,8-/m0/s1. The van der Waals surface area contributed by atoms with Gasteiger partial charge in [-0.25, -0.2) is 0 Å². The van der Waals surface area contributed by atoms with Gasteiger partial charge in [-0.3, -0.25) is 4.79 Å². The molecule has 1 rings (SSSR count). The molecule has 0 saturated carbocycles. The molecule has 0 radical (unpaired) electrons. The van der Waals surface area contributed by atoms with Crippen molar-refractivity contribution in [2.45, 2.75) is 24.7 Å². The SMILES string of the molecule is COC[C@@H]1OC(CO)C(=O)C[C@@H]1O. The number of ether oxygens (including phenoxy) is 2. The van der Waals surface area contributed by atoms with Crippen molar-refractivity contribution in [3.63, 3.8) is 0 Å². The summed E-state index contributed by atoms with van der Waals surface area (Å²) in [5, 5.41) is 18.1. The summed E-state index contributed by atoms with van der Waals surface area (Å²) in [6, 6.07) is 0.